The van der Waals surface area contributed by atoms with Crippen molar-refractivity contribution >= 4 is 23.4 Å². The van der Waals surface area contributed by atoms with Gasteiger partial charge in [0, 0.05) is 18.9 Å². The molecule has 0 radical (unpaired) electrons. The fraction of sp³-hybridized carbons (Fsp3) is 0.214. The van der Waals surface area contributed by atoms with Gasteiger partial charge >= 0.3 is 0 Å². The lowest BCUT2D eigenvalue weighted by molar-refractivity contribution is -0.116. The second-order valence-electron chi connectivity index (χ2n) is 4.50. The summed E-state index contributed by atoms with van der Waals surface area (Å²) in [6, 6.07) is 3.57. The molecule has 3 rings (SSSR count). The summed E-state index contributed by atoms with van der Waals surface area (Å²) in [5.74, 6) is -1.77. The van der Waals surface area contributed by atoms with Gasteiger partial charge in [0.2, 0.25) is 5.91 Å². The lowest BCUT2D eigenvalue weighted by Crippen LogP contribution is -2.29. The molecule has 1 aromatic heterocycles. The second kappa shape index (κ2) is 5.77. The highest BCUT2D eigenvalue weighted by atomic mass is 32.2. The van der Waals surface area contributed by atoms with Crippen molar-refractivity contribution in [2.24, 2.45) is 0 Å². The van der Waals surface area contributed by atoms with E-state index in [4.69, 9.17) is 0 Å². The fourth-order valence-electron chi connectivity index (χ4n) is 2.22. The average Bonchev–Trinajstić information content (AvgIpc) is 2.82. The highest BCUT2D eigenvalue weighted by Crippen LogP contribution is 2.34. The van der Waals surface area contributed by atoms with Crippen LogP contribution in [0.5, 0.6) is 0 Å². The zero-order valence-electron chi connectivity index (χ0n) is 10.9. The van der Waals surface area contributed by atoms with Crippen LogP contribution in [0.25, 0.3) is 0 Å². The Kier molecular flexibility index (Phi) is 3.83. The van der Waals surface area contributed by atoms with E-state index in [0.717, 1.165) is 12.1 Å². The van der Waals surface area contributed by atoms with E-state index in [1.807, 2.05) is 0 Å². The van der Waals surface area contributed by atoms with Crippen molar-refractivity contribution in [2.75, 3.05) is 11.4 Å². The molecule has 1 fully saturated rings. The molecule has 0 saturated carbocycles. The second-order valence-corrected chi connectivity index (χ2v) is 5.72. The van der Waals surface area contributed by atoms with Gasteiger partial charge in [0.15, 0.2) is 0 Å². The molecule has 1 aliphatic heterocycles. The van der Waals surface area contributed by atoms with Gasteiger partial charge in [-0.05, 0) is 18.6 Å². The van der Waals surface area contributed by atoms with Crippen LogP contribution in [0.4, 0.5) is 14.5 Å². The van der Waals surface area contributed by atoms with E-state index in [1.165, 1.54) is 28.9 Å². The molecule has 4 nitrogen and oxygen atoms in total. The van der Waals surface area contributed by atoms with Crippen LogP contribution >= 0.6 is 11.8 Å². The first-order valence-corrected chi connectivity index (χ1v) is 7.23. The fourth-order valence-corrected chi connectivity index (χ4v) is 3.21. The average molecular weight is 307 g/mol. The first kappa shape index (κ1) is 13.9. The Hall–Kier alpha value is -2.02. The SMILES string of the molecule is O=C1[C@@H](Sc2cnccn2)CCN1c1c(F)cccc1F. The number of carbonyl (C=O) groups excluding carboxylic acids is 1. The van der Waals surface area contributed by atoms with Crippen LogP contribution in [0, 0.1) is 11.6 Å². The molecule has 1 aromatic carbocycles. The molecule has 7 heteroatoms. The molecule has 0 unspecified atom stereocenters. The van der Waals surface area contributed by atoms with Gasteiger partial charge in [0.05, 0.1) is 11.4 Å². The van der Waals surface area contributed by atoms with Gasteiger partial charge in [-0.3, -0.25) is 9.78 Å². The van der Waals surface area contributed by atoms with Crippen LogP contribution in [0.15, 0.2) is 41.8 Å². The highest BCUT2D eigenvalue weighted by Gasteiger charge is 2.36. The molecule has 1 atom stereocenters. The van der Waals surface area contributed by atoms with E-state index in [2.05, 4.69) is 9.97 Å². The monoisotopic (exact) mass is 307 g/mol. The maximum Gasteiger partial charge on any atom is 0.240 e. The van der Waals surface area contributed by atoms with Crippen LogP contribution in [0.3, 0.4) is 0 Å². The van der Waals surface area contributed by atoms with E-state index < -0.39 is 16.9 Å². The largest absolute Gasteiger partial charge is 0.306 e. The Morgan fingerprint density at radius 1 is 1.24 bits per heavy atom. The van der Waals surface area contributed by atoms with Gasteiger partial charge in [0.25, 0.3) is 0 Å². The predicted octanol–water partition coefficient (Wildman–Crippen LogP) is 2.65. The lowest BCUT2D eigenvalue weighted by atomic mass is 10.2. The van der Waals surface area contributed by atoms with Crippen molar-refractivity contribution in [3.8, 4) is 0 Å². The molecule has 0 spiro atoms. The number of thioether (sulfide) groups is 1. The summed E-state index contributed by atoms with van der Waals surface area (Å²) in [6.45, 7) is 0.286. The van der Waals surface area contributed by atoms with E-state index in [-0.39, 0.29) is 18.1 Å². The summed E-state index contributed by atoms with van der Waals surface area (Å²) < 4.78 is 27.5. The maximum absolute atomic E-state index is 13.8. The summed E-state index contributed by atoms with van der Waals surface area (Å²) in [5, 5.41) is 0.215. The Bertz CT molecular complexity index is 648. The Morgan fingerprint density at radius 2 is 2.00 bits per heavy atom. The first-order valence-electron chi connectivity index (χ1n) is 6.35. The molecule has 1 aliphatic rings. The summed E-state index contributed by atoms with van der Waals surface area (Å²) in [4.78, 5) is 21.5. The number of para-hydroxylation sites is 1. The number of rotatable bonds is 3. The number of amides is 1. The highest BCUT2D eigenvalue weighted by molar-refractivity contribution is 8.00. The van der Waals surface area contributed by atoms with Crippen LogP contribution in [0.1, 0.15) is 6.42 Å². The van der Waals surface area contributed by atoms with Crippen molar-refractivity contribution < 1.29 is 13.6 Å². The van der Waals surface area contributed by atoms with E-state index in [1.54, 1.807) is 12.4 Å². The van der Waals surface area contributed by atoms with Crippen molar-refractivity contribution in [2.45, 2.75) is 16.7 Å². The first-order chi connectivity index (χ1) is 10.2. The quantitative estimate of drug-likeness (QED) is 0.874. The van der Waals surface area contributed by atoms with Gasteiger partial charge in [-0.1, -0.05) is 17.8 Å². The number of hydrogen-bond acceptors (Lipinski definition) is 4. The number of aromatic nitrogens is 2. The minimum Gasteiger partial charge on any atom is -0.306 e. The van der Waals surface area contributed by atoms with Gasteiger partial charge in [-0.2, -0.15) is 0 Å². The van der Waals surface area contributed by atoms with Crippen molar-refractivity contribution in [3.05, 3.63) is 48.4 Å². The third-order valence-corrected chi connectivity index (χ3v) is 4.34. The maximum atomic E-state index is 13.8. The molecular weight excluding hydrogens is 296 g/mol. The summed E-state index contributed by atoms with van der Waals surface area (Å²) in [5.41, 5.74) is -0.273. The van der Waals surface area contributed by atoms with Crippen molar-refractivity contribution in [3.63, 3.8) is 0 Å². The Balaban J connectivity index is 1.81. The molecule has 2 heterocycles. The van der Waals surface area contributed by atoms with E-state index >= 15 is 0 Å². The number of nitrogens with zero attached hydrogens (tertiary/aromatic N) is 3. The van der Waals surface area contributed by atoms with E-state index in [9.17, 15) is 13.6 Å². The molecule has 1 saturated heterocycles. The minimum absolute atomic E-state index is 0.273. The smallest absolute Gasteiger partial charge is 0.240 e. The number of benzene rings is 1. The normalized spacial score (nSPS) is 18.3. The summed E-state index contributed by atoms with van der Waals surface area (Å²) >= 11 is 1.26. The summed E-state index contributed by atoms with van der Waals surface area (Å²) in [7, 11) is 0. The Labute approximate surface area is 124 Å². The van der Waals surface area contributed by atoms with Crippen LogP contribution in [0.2, 0.25) is 0 Å². The van der Waals surface area contributed by atoms with Crippen molar-refractivity contribution in [1.82, 2.24) is 9.97 Å². The standard InChI is InChI=1S/C14H11F2N3OS/c15-9-2-1-3-10(16)13(9)19-7-4-11(14(19)20)21-12-8-17-5-6-18-12/h1-3,5-6,8,11H,4,7H2/t11-/m0/s1. The molecule has 0 aliphatic carbocycles. The van der Waals surface area contributed by atoms with Gasteiger partial charge in [0.1, 0.15) is 22.3 Å². The third-order valence-electron chi connectivity index (χ3n) is 3.17. The lowest BCUT2D eigenvalue weighted by Gasteiger charge is -2.18. The van der Waals surface area contributed by atoms with Gasteiger partial charge in [-0.25, -0.2) is 13.8 Å². The van der Waals surface area contributed by atoms with Crippen LogP contribution in [-0.2, 0) is 4.79 Å². The predicted molar refractivity (Wildman–Crippen MR) is 75.0 cm³/mol. The molecule has 0 N–H and O–H groups in total. The molecule has 0 bridgehead atoms. The molecular formula is C14H11F2N3OS. The zero-order chi connectivity index (χ0) is 14.8. The van der Waals surface area contributed by atoms with Crippen LogP contribution in [-0.4, -0.2) is 27.7 Å². The van der Waals surface area contributed by atoms with Gasteiger partial charge in [-0.15, -0.1) is 0 Å². The van der Waals surface area contributed by atoms with Crippen molar-refractivity contribution in [1.29, 1.82) is 0 Å². The summed E-state index contributed by atoms with van der Waals surface area (Å²) in [6.07, 6.45) is 5.15. The zero-order valence-corrected chi connectivity index (χ0v) is 11.7. The number of carbonyl (C=O) groups is 1. The van der Waals surface area contributed by atoms with E-state index in [0.29, 0.717) is 11.4 Å². The number of halogens is 2. The third kappa shape index (κ3) is 2.73. The number of anilines is 1. The van der Waals surface area contributed by atoms with Crippen LogP contribution < -0.4 is 4.90 Å². The number of hydrogen-bond donors (Lipinski definition) is 0. The minimum atomic E-state index is -0.728. The molecule has 2 aromatic rings. The molecule has 1 amide bonds. The van der Waals surface area contributed by atoms with Gasteiger partial charge < -0.3 is 4.90 Å². The topological polar surface area (TPSA) is 46.1 Å². The molecule has 21 heavy (non-hydrogen) atoms. The molecule has 108 valence electrons. The Morgan fingerprint density at radius 3 is 2.67 bits per heavy atom.